The van der Waals surface area contributed by atoms with Crippen molar-refractivity contribution in [3.05, 3.63) is 12.2 Å². The summed E-state index contributed by atoms with van der Waals surface area (Å²) in [4.78, 5) is 34.0. The van der Waals surface area contributed by atoms with Gasteiger partial charge in [-0.2, -0.15) is 0 Å². The molecule has 1 saturated heterocycles. The lowest BCUT2D eigenvalue weighted by Gasteiger charge is -2.05. The zero-order valence-electron chi connectivity index (χ0n) is 8.26. The smallest absolute Gasteiger partial charge is 0.416 e. The van der Waals surface area contributed by atoms with Crippen LogP contribution in [-0.4, -0.2) is 42.6 Å². The van der Waals surface area contributed by atoms with Gasteiger partial charge in [-0.15, -0.1) is 0 Å². The number of esters is 1. The Bertz CT molecular complexity index is 310. The lowest BCUT2D eigenvalue weighted by molar-refractivity contribution is -0.137. The van der Waals surface area contributed by atoms with E-state index in [9.17, 15) is 14.4 Å². The van der Waals surface area contributed by atoms with E-state index >= 15 is 0 Å². The Morgan fingerprint density at radius 1 is 1.53 bits per heavy atom. The molecule has 1 aliphatic heterocycles. The van der Waals surface area contributed by atoms with Crippen LogP contribution in [0.5, 0.6) is 0 Å². The van der Waals surface area contributed by atoms with Crippen molar-refractivity contribution in [1.82, 2.24) is 4.90 Å². The second-order valence-corrected chi connectivity index (χ2v) is 2.69. The predicted molar refractivity (Wildman–Crippen MR) is 48.8 cm³/mol. The molecule has 15 heavy (non-hydrogen) atoms. The van der Waals surface area contributed by atoms with Gasteiger partial charge in [0.05, 0.1) is 13.2 Å². The minimum Gasteiger partial charge on any atom is -0.463 e. The van der Waals surface area contributed by atoms with Crippen molar-refractivity contribution in [2.24, 2.45) is 0 Å². The van der Waals surface area contributed by atoms with Gasteiger partial charge in [-0.1, -0.05) is 0 Å². The second-order valence-electron chi connectivity index (χ2n) is 2.69. The molecule has 0 saturated carbocycles. The van der Waals surface area contributed by atoms with Crippen molar-refractivity contribution >= 4 is 18.0 Å². The third-order valence-electron chi connectivity index (χ3n) is 1.68. The molecule has 0 N–H and O–H groups in total. The largest absolute Gasteiger partial charge is 0.463 e. The van der Waals surface area contributed by atoms with Gasteiger partial charge < -0.3 is 9.47 Å². The van der Waals surface area contributed by atoms with Crippen LogP contribution in [0.1, 0.15) is 6.92 Å². The summed E-state index contributed by atoms with van der Waals surface area (Å²) in [5.74, 6) is -1.19. The third-order valence-corrected chi connectivity index (χ3v) is 1.68. The highest BCUT2D eigenvalue weighted by Crippen LogP contribution is 2.03. The van der Waals surface area contributed by atoms with Gasteiger partial charge in [0.1, 0.15) is 6.61 Å². The number of rotatable bonds is 3. The molecule has 6 heteroatoms. The fourth-order valence-corrected chi connectivity index (χ4v) is 1.01. The Labute approximate surface area is 86.4 Å². The van der Waals surface area contributed by atoms with Crippen LogP contribution in [0, 0.1) is 0 Å². The lowest BCUT2D eigenvalue weighted by atomic mass is 10.4. The first-order chi connectivity index (χ1) is 7.15. The average Bonchev–Trinajstić information content (AvgIpc) is 2.61. The summed E-state index contributed by atoms with van der Waals surface area (Å²) in [6.07, 6.45) is 1.29. The molecule has 0 radical (unpaired) electrons. The number of carbonyl (C=O) groups excluding carboxylic acids is 3. The van der Waals surface area contributed by atoms with Crippen molar-refractivity contribution in [1.29, 1.82) is 0 Å². The monoisotopic (exact) mass is 213 g/mol. The van der Waals surface area contributed by atoms with Gasteiger partial charge in [0.15, 0.2) is 0 Å². The van der Waals surface area contributed by atoms with Crippen LogP contribution in [0.4, 0.5) is 4.79 Å². The van der Waals surface area contributed by atoms with Gasteiger partial charge in [0.25, 0.3) is 5.91 Å². The highest BCUT2D eigenvalue weighted by atomic mass is 16.6. The van der Waals surface area contributed by atoms with E-state index in [1.807, 2.05) is 0 Å². The molecule has 2 amide bonds. The molecular weight excluding hydrogens is 202 g/mol. The SMILES string of the molecule is CCOC(=O)C=CC(=O)N1CCOC1=O. The van der Waals surface area contributed by atoms with E-state index in [0.717, 1.165) is 17.1 Å². The van der Waals surface area contributed by atoms with Crippen LogP contribution < -0.4 is 0 Å². The highest BCUT2D eigenvalue weighted by molar-refractivity contribution is 6.02. The Morgan fingerprint density at radius 3 is 2.80 bits per heavy atom. The van der Waals surface area contributed by atoms with Gasteiger partial charge in [-0.25, -0.2) is 14.5 Å². The van der Waals surface area contributed by atoms with Crippen molar-refractivity contribution in [3.63, 3.8) is 0 Å². The van der Waals surface area contributed by atoms with Crippen molar-refractivity contribution in [2.45, 2.75) is 6.92 Å². The molecule has 6 nitrogen and oxygen atoms in total. The van der Waals surface area contributed by atoms with Gasteiger partial charge >= 0.3 is 12.1 Å². The fourth-order valence-electron chi connectivity index (χ4n) is 1.01. The number of hydrogen-bond donors (Lipinski definition) is 0. The molecule has 0 atom stereocenters. The van der Waals surface area contributed by atoms with Gasteiger partial charge in [-0.3, -0.25) is 4.79 Å². The molecule has 0 bridgehead atoms. The molecule has 0 aliphatic carbocycles. The van der Waals surface area contributed by atoms with E-state index in [0.29, 0.717) is 0 Å². The van der Waals surface area contributed by atoms with Crippen LogP contribution in [0.2, 0.25) is 0 Å². The first-order valence-corrected chi connectivity index (χ1v) is 4.48. The number of carbonyl (C=O) groups is 3. The van der Waals surface area contributed by atoms with Crippen LogP contribution in [0.15, 0.2) is 12.2 Å². The zero-order valence-corrected chi connectivity index (χ0v) is 8.26. The van der Waals surface area contributed by atoms with Crippen LogP contribution in [0.25, 0.3) is 0 Å². The van der Waals surface area contributed by atoms with Crippen LogP contribution >= 0.6 is 0 Å². The first-order valence-electron chi connectivity index (χ1n) is 4.48. The summed E-state index contributed by atoms with van der Waals surface area (Å²) in [5, 5.41) is 0. The maximum absolute atomic E-state index is 11.3. The number of amides is 2. The van der Waals surface area contributed by atoms with Gasteiger partial charge in [-0.05, 0) is 6.92 Å². The molecular formula is C9H11NO5. The minimum absolute atomic E-state index is 0.192. The highest BCUT2D eigenvalue weighted by Gasteiger charge is 2.26. The third kappa shape index (κ3) is 3.08. The molecule has 1 fully saturated rings. The van der Waals surface area contributed by atoms with Gasteiger partial charge in [0, 0.05) is 12.2 Å². The average molecular weight is 213 g/mol. The Morgan fingerprint density at radius 2 is 2.27 bits per heavy atom. The summed E-state index contributed by atoms with van der Waals surface area (Å²) in [6.45, 7) is 2.30. The summed E-state index contributed by atoms with van der Waals surface area (Å²) >= 11 is 0. The number of nitrogens with zero attached hydrogens (tertiary/aromatic N) is 1. The van der Waals surface area contributed by atoms with Crippen molar-refractivity contribution in [3.8, 4) is 0 Å². The lowest BCUT2D eigenvalue weighted by Crippen LogP contribution is -2.30. The summed E-state index contributed by atoms with van der Waals surface area (Å²) in [7, 11) is 0. The molecule has 1 rings (SSSR count). The van der Waals surface area contributed by atoms with Crippen LogP contribution in [0.3, 0.4) is 0 Å². The number of ether oxygens (including phenoxy) is 2. The normalized spacial score (nSPS) is 15.5. The van der Waals surface area contributed by atoms with Crippen LogP contribution in [-0.2, 0) is 19.1 Å². The summed E-state index contributed by atoms with van der Waals surface area (Å²) in [6, 6.07) is 0. The van der Waals surface area contributed by atoms with E-state index in [1.165, 1.54) is 0 Å². The second kappa shape index (κ2) is 5.14. The summed E-state index contributed by atoms with van der Waals surface area (Å²) in [5.41, 5.74) is 0. The summed E-state index contributed by atoms with van der Waals surface area (Å²) < 4.78 is 9.13. The number of hydrogen-bond acceptors (Lipinski definition) is 5. The zero-order chi connectivity index (χ0) is 11.3. The van der Waals surface area contributed by atoms with E-state index in [-0.39, 0.29) is 19.8 Å². The van der Waals surface area contributed by atoms with E-state index in [1.54, 1.807) is 6.92 Å². The Hall–Kier alpha value is -1.85. The number of imide groups is 1. The fraction of sp³-hybridized carbons (Fsp3) is 0.444. The standard InChI is InChI=1S/C9H11NO5/c1-2-14-8(12)4-3-7(11)10-5-6-15-9(10)13/h3-4H,2,5-6H2,1H3. The maximum Gasteiger partial charge on any atom is 0.416 e. The molecule has 1 aliphatic rings. The molecule has 0 spiro atoms. The predicted octanol–water partition coefficient (Wildman–Crippen LogP) is 0.0845. The van der Waals surface area contributed by atoms with Crippen molar-refractivity contribution < 1.29 is 23.9 Å². The first kappa shape index (κ1) is 11.2. The van der Waals surface area contributed by atoms with Gasteiger partial charge in [0.2, 0.25) is 0 Å². The molecule has 82 valence electrons. The number of cyclic esters (lactones) is 1. The topological polar surface area (TPSA) is 72.9 Å². The quantitative estimate of drug-likeness (QED) is 0.490. The molecule has 0 aromatic carbocycles. The Kier molecular flexibility index (Phi) is 3.84. The molecule has 1 heterocycles. The van der Waals surface area contributed by atoms with E-state index < -0.39 is 18.0 Å². The van der Waals surface area contributed by atoms with E-state index in [4.69, 9.17) is 0 Å². The van der Waals surface area contributed by atoms with E-state index in [2.05, 4.69) is 9.47 Å². The molecule has 0 aromatic rings. The molecule has 0 aromatic heterocycles. The molecule has 0 unspecified atom stereocenters. The Balaban J connectivity index is 2.47. The maximum atomic E-state index is 11.3. The van der Waals surface area contributed by atoms with Crippen molar-refractivity contribution in [2.75, 3.05) is 19.8 Å². The minimum atomic E-state index is -0.687.